The number of ether oxygens (including phenoxy) is 1. The Labute approximate surface area is 227 Å². The summed E-state index contributed by atoms with van der Waals surface area (Å²) in [6.45, 7) is 2.85. The average Bonchev–Trinajstić information content (AvgIpc) is 3.27. The summed E-state index contributed by atoms with van der Waals surface area (Å²) in [6, 6.07) is 28.0. The number of benzene rings is 3. The number of anilines is 1. The van der Waals surface area contributed by atoms with Crippen molar-refractivity contribution < 1.29 is 13.2 Å². The van der Waals surface area contributed by atoms with E-state index in [9.17, 15) is 8.42 Å². The Kier molecular flexibility index (Phi) is 8.07. The maximum atomic E-state index is 12.2. The average molecular weight is 534 g/mol. The molecule has 0 radical (unpaired) electrons. The molecule has 202 valence electrons. The van der Waals surface area contributed by atoms with Gasteiger partial charge in [0, 0.05) is 37.2 Å². The predicted octanol–water partition coefficient (Wildman–Crippen LogP) is 4.87. The van der Waals surface area contributed by atoms with Crippen molar-refractivity contribution >= 4 is 15.7 Å². The van der Waals surface area contributed by atoms with Gasteiger partial charge in [0.15, 0.2) is 0 Å². The molecule has 7 heteroatoms. The summed E-state index contributed by atoms with van der Waals surface area (Å²) >= 11 is 0. The van der Waals surface area contributed by atoms with Gasteiger partial charge in [-0.3, -0.25) is 9.21 Å². The third-order valence-electron chi connectivity index (χ3n) is 8.42. The Hall–Kier alpha value is -2.87. The van der Waals surface area contributed by atoms with Gasteiger partial charge in [0.2, 0.25) is 10.0 Å². The number of rotatable bonds is 9. The number of sulfonamides is 1. The van der Waals surface area contributed by atoms with Crippen molar-refractivity contribution in [3.05, 3.63) is 95.6 Å². The van der Waals surface area contributed by atoms with Crippen LogP contribution in [0.1, 0.15) is 41.9 Å². The SMILES string of the molecule is COc1ccc(N(C)S(C)(=O)=O)cc1CNC1C2CCCN(CC2)C1C(c1ccccc1)c1ccccc1. The van der Waals surface area contributed by atoms with E-state index in [4.69, 9.17) is 4.74 Å². The molecule has 0 amide bonds. The number of nitrogens with one attached hydrogen (secondary N) is 1. The van der Waals surface area contributed by atoms with Gasteiger partial charge in [-0.15, -0.1) is 0 Å². The van der Waals surface area contributed by atoms with Crippen LogP contribution in [0.3, 0.4) is 0 Å². The van der Waals surface area contributed by atoms with E-state index in [1.54, 1.807) is 20.2 Å². The van der Waals surface area contributed by atoms with Crippen molar-refractivity contribution in [1.29, 1.82) is 0 Å². The zero-order valence-electron chi connectivity index (χ0n) is 22.6. The molecule has 6 rings (SSSR count). The molecule has 0 aliphatic carbocycles. The van der Waals surface area contributed by atoms with Gasteiger partial charge in [-0.2, -0.15) is 0 Å². The molecule has 3 heterocycles. The van der Waals surface area contributed by atoms with Crippen LogP contribution >= 0.6 is 0 Å². The van der Waals surface area contributed by atoms with Crippen LogP contribution in [0, 0.1) is 5.92 Å². The minimum absolute atomic E-state index is 0.250. The number of fused-ring (bicyclic) bond motifs is 4. The molecule has 0 saturated carbocycles. The van der Waals surface area contributed by atoms with Crippen molar-refractivity contribution in [1.82, 2.24) is 10.2 Å². The monoisotopic (exact) mass is 533 g/mol. The molecular formula is C31H39N3O3S. The van der Waals surface area contributed by atoms with E-state index in [2.05, 4.69) is 70.9 Å². The van der Waals surface area contributed by atoms with Crippen molar-refractivity contribution in [2.75, 3.05) is 37.8 Å². The van der Waals surface area contributed by atoms with Crippen molar-refractivity contribution in [2.45, 2.75) is 43.8 Å². The molecule has 3 saturated heterocycles. The fourth-order valence-electron chi connectivity index (χ4n) is 6.44. The van der Waals surface area contributed by atoms with E-state index in [-0.39, 0.29) is 12.0 Å². The molecule has 3 aromatic carbocycles. The van der Waals surface area contributed by atoms with Crippen molar-refractivity contribution in [3.63, 3.8) is 0 Å². The second-order valence-electron chi connectivity index (χ2n) is 10.6. The molecule has 4 atom stereocenters. The Morgan fingerprint density at radius 2 is 1.63 bits per heavy atom. The Morgan fingerprint density at radius 1 is 0.974 bits per heavy atom. The van der Waals surface area contributed by atoms with Crippen molar-refractivity contribution in [3.8, 4) is 5.75 Å². The summed E-state index contributed by atoms with van der Waals surface area (Å²) in [4.78, 5) is 2.71. The first-order chi connectivity index (χ1) is 18.4. The highest BCUT2D eigenvalue weighted by molar-refractivity contribution is 7.92. The van der Waals surface area contributed by atoms with Crippen LogP contribution in [0.2, 0.25) is 0 Å². The van der Waals surface area contributed by atoms with E-state index in [0.29, 0.717) is 24.2 Å². The highest BCUT2D eigenvalue weighted by Crippen LogP contribution is 2.41. The molecular weight excluding hydrogens is 494 g/mol. The molecule has 0 aromatic heterocycles. The predicted molar refractivity (Wildman–Crippen MR) is 154 cm³/mol. The lowest BCUT2D eigenvalue weighted by atomic mass is 9.74. The highest BCUT2D eigenvalue weighted by atomic mass is 32.2. The molecule has 3 aliphatic heterocycles. The smallest absolute Gasteiger partial charge is 0.231 e. The summed E-state index contributed by atoms with van der Waals surface area (Å²) in [5, 5.41) is 3.97. The number of hydrogen-bond acceptors (Lipinski definition) is 5. The van der Waals surface area contributed by atoms with Crippen molar-refractivity contribution in [2.24, 2.45) is 5.92 Å². The van der Waals surface area contributed by atoms with Gasteiger partial charge in [-0.05, 0) is 67.6 Å². The fourth-order valence-corrected chi connectivity index (χ4v) is 6.94. The maximum absolute atomic E-state index is 12.2. The highest BCUT2D eigenvalue weighted by Gasteiger charge is 2.44. The topological polar surface area (TPSA) is 61.9 Å². The Bertz CT molecular complexity index is 1270. The molecule has 3 aliphatic rings. The summed E-state index contributed by atoms with van der Waals surface area (Å²) in [5.74, 6) is 1.60. The van der Waals surface area contributed by atoms with Gasteiger partial charge in [0.1, 0.15) is 5.75 Å². The maximum Gasteiger partial charge on any atom is 0.231 e. The van der Waals surface area contributed by atoms with E-state index >= 15 is 0 Å². The molecule has 1 N–H and O–H groups in total. The largest absolute Gasteiger partial charge is 0.496 e. The van der Waals surface area contributed by atoms with Gasteiger partial charge in [-0.25, -0.2) is 8.42 Å². The Balaban J connectivity index is 1.50. The van der Waals surface area contributed by atoms with Crippen LogP contribution in [0.15, 0.2) is 78.9 Å². The van der Waals surface area contributed by atoms with Crippen LogP contribution in [-0.4, -0.2) is 58.9 Å². The molecule has 38 heavy (non-hydrogen) atoms. The van der Waals surface area contributed by atoms with E-state index < -0.39 is 10.0 Å². The minimum atomic E-state index is -3.36. The normalized spacial score (nSPS) is 23.3. The van der Waals surface area contributed by atoms with E-state index in [0.717, 1.165) is 24.4 Å². The standard InChI is InChI=1S/C31H39N3O3S/c1-33(38(3,35)36)27-16-17-28(37-2)26(21-27)22-32-30-25-15-10-19-34(20-18-25)31(30)29(23-11-6-4-7-12-23)24-13-8-5-9-14-24/h4-9,11-14,16-17,21,25,29-32H,10,15,18-20,22H2,1-3H3. The van der Waals surface area contributed by atoms with E-state index in [1.807, 2.05) is 12.1 Å². The van der Waals surface area contributed by atoms with Crippen LogP contribution in [0.25, 0.3) is 0 Å². The first-order valence-electron chi connectivity index (χ1n) is 13.5. The van der Waals surface area contributed by atoms with Gasteiger partial charge in [0.25, 0.3) is 0 Å². The van der Waals surface area contributed by atoms with Gasteiger partial charge < -0.3 is 10.1 Å². The third-order valence-corrected chi connectivity index (χ3v) is 9.62. The number of hydrogen-bond donors (Lipinski definition) is 1. The van der Waals surface area contributed by atoms with Crippen LogP contribution in [0.4, 0.5) is 5.69 Å². The lowest BCUT2D eigenvalue weighted by Crippen LogP contribution is -2.58. The number of nitrogens with zero attached hydrogens (tertiary/aromatic N) is 2. The lowest BCUT2D eigenvalue weighted by molar-refractivity contribution is 0.0860. The van der Waals surface area contributed by atoms with Crippen LogP contribution in [-0.2, 0) is 16.6 Å². The summed E-state index contributed by atoms with van der Waals surface area (Å²) in [5.41, 5.74) is 4.29. The number of piperidine rings is 1. The summed E-state index contributed by atoms with van der Waals surface area (Å²) < 4.78 is 31.4. The van der Waals surface area contributed by atoms with Crippen LogP contribution < -0.4 is 14.4 Å². The second kappa shape index (κ2) is 11.5. The third kappa shape index (κ3) is 5.60. The molecule has 2 bridgehead atoms. The van der Waals surface area contributed by atoms with Gasteiger partial charge in [0.05, 0.1) is 19.1 Å². The first kappa shape index (κ1) is 26.7. The molecule has 3 fully saturated rings. The van der Waals surface area contributed by atoms with Crippen LogP contribution in [0.5, 0.6) is 5.75 Å². The quantitative estimate of drug-likeness (QED) is 0.426. The van der Waals surface area contributed by atoms with Gasteiger partial charge >= 0.3 is 0 Å². The first-order valence-corrected chi connectivity index (χ1v) is 15.4. The minimum Gasteiger partial charge on any atom is -0.496 e. The number of methoxy groups -OCH3 is 1. The molecule has 4 unspecified atom stereocenters. The molecule has 6 nitrogen and oxygen atoms in total. The Morgan fingerprint density at radius 3 is 2.24 bits per heavy atom. The molecule has 0 spiro atoms. The zero-order chi connectivity index (χ0) is 26.7. The summed E-state index contributed by atoms with van der Waals surface area (Å²) in [6.07, 6.45) is 4.85. The van der Waals surface area contributed by atoms with Gasteiger partial charge in [-0.1, -0.05) is 60.7 Å². The lowest BCUT2D eigenvalue weighted by Gasteiger charge is -2.47. The second-order valence-corrected chi connectivity index (χ2v) is 12.7. The molecule has 3 aromatic rings. The fraction of sp³-hybridized carbons (Fsp3) is 0.419. The van der Waals surface area contributed by atoms with E-state index in [1.165, 1.54) is 41.0 Å². The zero-order valence-corrected chi connectivity index (χ0v) is 23.4. The summed E-state index contributed by atoms with van der Waals surface area (Å²) in [7, 11) is -0.0973.